The third-order valence-corrected chi connectivity index (χ3v) is 3.95. The number of carboxylic acid groups (broad SMARTS) is 1. The molecule has 0 spiro atoms. The first kappa shape index (κ1) is 13.9. The van der Waals surface area contributed by atoms with Gasteiger partial charge in [0.1, 0.15) is 0 Å². The molecule has 1 aromatic rings. The fourth-order valence-electron chi connectivity index (χ4n) is 2.82. The van der Waals surface area contributed by atoms with Crippen LogP contribution < -0.4 is 4.90 Å². The van der Waals surface area contributed by atoms with Crippen LogP contribution in [-0.4, -0.2) is 24.2 Å². The molecule has 19 heavy (non-hydrogen) atoms. The van der Waals surface area contributed by atoms with Crippen molar-refractivity contribution in [2.75, 3.05) is 18.0 Å². The van der Waals surface area contributed by atoms with Gasteiger partial charge in [-0.05, 0) is 37.8 Å². The number of nitrogens with zero attached hydrogens (tertiary/aromatic N) is 1. The molecule has 0 atom stereocenters. The summed E-state index contributed by atoms with van der Waals surface area (Å²) in [4.78, 5) is 13.0. The zero-order valence-corrected chi connectivity index (χ0v) is 11.6. The SMILES string of the molecule is Cc1ccc(N(CCC(=O)O)CC2CCCC2)cc1. The van der Waals surface area contributed by atoms with Crippen molar-refractivity contribution >= 4 is 11.7 Å². The molecule has 0 saturated heterocycles. The summed E-state index contributed by atoms with van der Waals surface area (Å²) in [5.74, 6) is 0.0126. The summed E-state index contributed by atoms with van der Waals surface area (Å²) in [5.41, 5.74) is 2.39. The highest BCUT2D eigenvalue weighted by atomic mass is 16.4. The molecule has 0 unspecified atom stereocenters. The predicted molar refractivity (Wildman–Crippen MR) is 77.6 cm³/mol. The molecule has 3 nitrogen and oxygen atoms in total. The maximum atomic E-state index is 10.8. The van der Waals surface area contributed by atoms with Gasteiger partial charge < -0.3 is 10.0 Å². The molecule has 0 bridgehead atoms. The van der Waals surface area contributed by atoms with Gasteiger partial charge in [0.05, 0.1) is 6.42 Å². The van der Waals surface area contributed by atoms with Gasteiger partial charge in [-0.25, -0.2) is 0 Å². The Kier molecular flexibility index (Phi) is 4.83. The third kappa shape index (κ3) is 4.27. The quantitative estimate of drug-likeness (QED) is 0.852. The smallest absolute Gasteiger partial charge is 0.305 e. The first-order chi connectivity index (χ1) is 9.15. The highest BCUT2D eigenvalue weighted by molar-refractivity contribution is 5.67. The van der Waals surface area contributed by atoms with Crippen LogP contribution in [0.5, 0.6) is 0 Å². The fraction of sp³-hybridized carbons (Fsp3) is 0.562. The summed E-state index contributed by atoms with van der Waals surface area (Å²) < 4.78 is 0. The topological polar surface area (TPSA) is 40.5 Å². The van der Waals surface area contributed by atoms with E-state index >= 15 is 0 Å². The lowest BCUT2D eigenvalue weighted by Crippen LogP contribution is -2.30. The molecular formula is C16H23NO2. The minimum Gasteiger partial charge on any atom is -0.481 e. The van der Waals surface area contributed by atoms with Crippen LogP contribution in [0.1, 0.15) is 37.7 Å². The predicted octanol–water partition coefficient (Wildman–Crippen LogP) is 3.47. The molecule has 1 aliphatic rings. The average molecular weight is 261 g/mol. The zero-order valence-electron chi connectivity index (χ0n) is 11.6. The molecule has 0 amide bonds. The molecule has 1 fully saturated rings. The van der Waals surface area contributed by atoms with Gasteiger partial charge in [-0.15, -0.1) is 0 Å². The van der Waals surface area contributed by atoms with Gasteiger partial charge in [0.2, 0.25) is 0 Å². The fourth-order valence-corrected chi connectivity index (χ4v) is 2.82. The Morgan fingerprint density at radius 2 is 1.89 bits per heavy atom. The molecule has 0 aromatic heterocycles. The van der Waals surface area contributed by atoms with E-state index in [0.29, 0.717) is 6.54 Å². The number of hydrogen-bond acceptors (Lipinski definition) is 2. The van der Waals surface area contributed by atoms with Gasteiger partial charge in [0, 0.05) is 18.8 Å². The first-order valence-corrected chi connectivity index (χ1v) is 7.18. The number of anilines is 1. The highest BCUT2D eigenvalue weighted by Crippen LogP contribution is 2.27. The lowest BCUT2D eigenvalue weighted by molar-refractivity contribution is -0.136. The number of carboxylic acids is 1. The normalized spacial score (nSPS) is 15.6. The van der Waals surface area contributed by atoms with Gasteiger partial charge in [-0.2, -0.15) is 0 Å². The summed E-state index contributed by atoms with van der Waals surface area (Å²) >= 11 is 0. The molecule has 0 aliphatic heterocycles. The molecular weight excluding hydrogens is 238 g/mol. The molecule has 104 valence electrons. The van der Waals surface area contributed by atoms with E-state index in [9.17, 15) is 4.79 Å². The van der Waals surface area contributed by atoms with E-state index in [1.54, 1.807) is 0 Å². The summed E-state index contributed by atoms with van der Waals surface area (Å²) in [6, 6.07) is 8.40. The maximum absolute atomic E-state index is 10.8. The lowest BCUT2D eigenvalue weighted by Gasteiger charge is -2.27. The van der Waals surface area contributed by atoms with Crippen LogP contribution >= 0.6 is 0 Å². The number of aliphatic carboxylic acids is 1. The van der Waals surface area contributed by atoms with Crippen molar-refractivity contribution in [2.45, 2.75) is 39.0 Å². The van der Waals surface area contributed by atoms with Crippen molar-refractivity contribution in [1.82, 2.24) is 0 Å². The van der Waals surface area contributed by atoms with Crippen molar-refractivity contribution in [3.63, 3.8) is 0 Å². The molecule has 1 aliphatic carbocycles. The second kappa shape index (κ2) is 6.60. The third-order valence-electron chi connectivity index (χ3n) is 3.95. The van der Waals surface area contributed by atoms with Crippen molar-refractivity contribution < 1.29 is 9.90 Å². The van der Waals surface area contributed by atoms with Gasteiger partial charge in [0.15, 0.2) is 0 Å². The number of carbonyl (C=O) groups is 1. The minimum atomic E-state index is -0.719. The zero-order chi connectivity index (χ0) is 13.7. The van der Waals surface area contributed by atoms with E-state index in [1.807, 2.05) is 0 Å². The molecule has 2 rings (SSSR count). The standard InChI is InChI=1S/C16H23NO2/c1-13-6-8-15(9-7-13)17(11-10-16(18)19)12-14-4-2-3-5-14/h6-9,14H,2-5,10-12H2,1H3,(H,18,19). The van der Waals surface area contributed by atoms with Crippen LogP contribution in [0.3, 0.4) is 0 Å². The van der Waals surface area contributed by atoms with Crippen molar-refractivity contribution in [2.24, 2.45) is 5.92 Å². The largest absolute Gasteiger partial charge is 0.481 e. The van der Waals surface area contributed by atoms with E-state index in [-0.39, 0.29) is 6.42 Å². The minimum absolute atomic E-state index is 0.209. The molecule has 0 heterocycles. The van der Waals surface area contributed by atoms with Crippen LogP contribution in [-0.2, 0) is 4.79 Å². The average Bonchev–Trinajstić information content (AvgIpc) is 2.88. The van der Waals surface area contributed by atoms with E-state index in [2.05, 4.69) is 36.1 Å². The van der Waals surface area contributed by atoms with Crippen LogP contribution in [0.15, 0.2) is 24.3 Å². The van der Waals surface area contributed by atoms with Gasteiger partial charge >= 0.3 is 5.97 Å². The van der Waals surface area contributed by atoms with E-state index < -0.39 is 5.97 Å². The summed E-state index contributed by atoms with van der Waals surface area (Å²) in [6.45, 7) is 3.67. The van der Waals surface area contributed by atoms with Crippen LogP contribution in [0.2, 0.25) is 0 Å². The summed E-state index contributed by atoms with van der Waals surface area (Å²) in [5, 5.41) is 8.89. The molecule has 1 N–H and O–H groups in total. The maximum Gasteiger partial charge on any atom is 0.305 e. The number of aryl methyl sites for hydroxylation is 1. The van der Waals surface area contributed by atoms with E-state index in [0.717, 1.165) is 18.2 Å². The Balaban J connectivity index is 2.03. The van der Waals surface area contributed by atoms with Crippen molar-refractivity contribution in [1.29, 1.82) is 0 Å². The monoisotopic (exact) mass is 261 g/mol. The summed E-state index contributed by atoms with van der Waals surface area (Å²) in [6.07, 6.45) is 5.43. The molecule has 1 aromatic carbocycles. The summed E-state index contributed by atoms with van der Waals surface area (Å²) in [7, 11) is 0. The Morgan fingerprint density at radius 3 is 2.47 bits per heavy atom. The second-order valence-electron chi connectivity index (χ2n) is 5.58. The highest BCUT2D eigenvalue weighted by Gasteiger charge is 2.19. The van der Waals surface area contributed by atoms with Crippen LogP contribution in [0.4, 0.5) is 5.69 Å². The van der Waals surface area contributed by atoms with Crippen molar-refractivity contribution in [3.05, 3.63) is 29.8 Å². The lowest BCUT2D eigenvalue weighted by atomic mass is 10.1. The first-order valence-electron chi connectivity index (χ1n) is 7.18. The number of rotatable bonds is 6. The number of hydrogen-bond donors (Lipinski definition) is 1. The van der Waals surface area contributed by atoms with Crippen LogP contribution in [0, 0.1) is 12.8 Å². The van der Waals surface area contributed by atoms with E-state index in [1.165, 1.54) is 31.2 Å². The Hall–Kier alpha value is -1.51. The molecule has 3 heteroatoms. The Labute approximate surface area is 115 Å². The molecule has 0 radical (unpaired) electrons. The van der Waals surface area contributed by atoms with Gasteiger partial charge in [-0.1, -0.05) is 30.5 Å². The van der Waals surface area contributed by atoms with Crippen LogP contribution in [0.25, 0.3) is 0 Å². The Morgan fingerprint density at radius 1 is 1.26 bits per heavy atom. The Bertz CT molecular complexity index is 407. The van der Waals surface area contributed by atoms with Gasteiger partial charge in [-0.3, -0.25) is 4.79 Å². The second-order valence-corrected chi connectivity index (χ2v) is 5.58. The van der Waals surface area contributed by atoms with Gasteiger partial charge in [0.25, 0.3) is 0 Å². The number of benzene rings is 1. The molecule has 1 saturated carbocycles. The van der Waals surface area contributed by atoms with E-state index in [4.69, 9.17) is 5.11 Å². The van der Waals surface area contributed by atoms with Crippen molar-refractivity contribution in [3.8, 4) is 0 Å².